The predicted octanol–water partition coefficient (Wildman–Crippen LogP) is 0.624. The normalized spacial score (nSPS) is 23.5. The highest BCUT2D eigenvalue weighted by Gasteiger charge is 2.33. The maximum atomic E-state index is 11.3. The van der Waals surface area contributed by atoms with Crippen LogP contribution in [0.2, 0.25) is 5.15 Å². The fraction of sp³-hybridized carbons (Fsp3) is 0.615. The third-order valence-electron chi connectivity index (χ3n) is 3.75. The maximum Gasteiger partial charge on any atom is 0.241 e. The van der Waals surface area contributed by atoms with E-state index in [0.717, 1.165) is 13.1 Å². The molecular weight excluding hydrogens is 330 g/mol. The Morgan fingerprint density at radius 2 is 2.23 bits per heavy atom. The van der Waals surface area contributed by atoms with Crippen LogP contribution in [0.1, 0.15) is 12.8 Å². The second kappa shape index (κ2) is 6.29. The number of rotatable bonds is 5. The van der Waals surface area contributed by atoms with Crippen LogP contribution in [0.4, 0.5) is 0 Å². The van der Waals surface area contributed by atoms with Crippen LogP contribution in [0, 0.1) is 0 Å². The molecule has 2 fully saturated rings. The lowest BCUT2D eigenvalue weighted by molar-refractivity contribution is -0.0510. The van der Waals surface area contributed by atoms with Gasteiger partial charge >= 0.3 is 0 Å². The summed E-state index contributed by atoms with van der Waals surface area (Å²) in [5.74, 6) is 0.254. The zero-order valence-corrected chi connectivity index (χ0v) is 13.5. The molecule has 0 aromatic carbocycles. The fourth-order valence-electron chi connectivity index (χ4n) is 2.49. The van der Waals surface area contributed by atoms with Crippen molar-refractivity contribution in [3.05, 3.63) is 17.3 Å². The molecule has 0 unspecified atom stereocenters. The molecule has 9 heteroatoms. The molecule has 22 heavy (non-hydrogen) atoms. The van der Waals surface area contributed by atoms with Crippen LogP contribution in [0.5, 0.6) is 5.88 Å². The molecule has 0 radical (unpaired) electrons. The molecule has 1 atom stereocenters. The minimum Gasteiger partial charge on any atom is -0.475 e. The van der Waals surface area contributed by atoms with Crippen LogP contribution in [-0.2, 0) is 14.8 Å². The highest BCUT2D eigenvalue weighted by atomic mass is 35.5. The number of hydrogen-bond acceptors (Lipinski definition) is 6. The highest BCUT2D eigenvalue weighted by Crippen LogP contribution is 2.28. The summed E-state index contributed by atoms with van der Waals surface area (Å²) in [6, 6.07) is 3.43. The summed E-state index contributed by atoms with van der Waals surface area (Å²) in [5, 5.41) is 4.84. The van der Waals surface area contributed by atoms with Gasteiger partial charge in [0.15, 0.2) is 5.15 Å². The van der Waals surface area contributed by atoms with Crippen LogP contribution in [0.25, 0.3) is 0 Å². The third-order valence-corrected chi connectivity index (χ3v) is 5.09. The van der Waals surface area contributed by atoms with Gasteiger partial charge < -0.3 is 9.47 Å². The molecule has 0 spiro atoms. The number of nitrogens with two attached hydrogens (primary N) is 1. The van der Waals surface area contributed by atoms with Gasteiger partial charge in [0.05, 0.1) is 6.61 Å². The number of primary sulfonamides is 1. The van der Waals surface area contributed by atoms with Crippen LogP contribution in [-0.4, -0.2) is 56.8 Å². The smallest absolute Gasteiger partial charge is 0.241 e. The van der Waals surface area contributed by atoms with Crippen LogP contribution >= 0.6 is 11.6 Å². The third kappa shape index (κ3) is 3.88. The van der Waals surface area contributed by atoms with Crippen LogP contribution in [0.3, 0.4) is 0 Å². The average Bonchev–Trinajstić information content (AvgIpc) is 3.29. The summed E-state index contributed by atoms with van der Waals surface area (Å²) in [6.45, 7) is 2.85. The van der Waals surface area contributed by atoms with E-state index >= 15 is 0 Å². The Balaban J connectivity index is 1.58. The first kappa shape index (κ1) is 15.9. The van der Waals surface area contributed by atoms with Gasteiger partial charge in [0, 0.05) is 25.2 Å². The van der Waals surface area contributed by atoms with E-state index in [1.165, 1.54) is 25.0 Å². The minimum atomic E-state index is -3.88. The zero-order valence-electron chi connectivity index (χ0n) is 11.9. The van der Waals surface area contributed by atoms with E-state index in [-0.39, 0.29) is 22.0 Å². The lowest BCUT2D eigenvalue weighted by Gasteiger charge is -2.32. The molecule has 1 aliphatic carbocycles. The molecule has 1 aromatic rings. The summed E-state index contributed by atoms with van der Waals surface area (Å²) in [4.78, 5) is 6.11. The van der Waals surface area contributed by atoms with Crippen molar-refractivity contribution < 1.29 is 17.9 Å². The summed E-state index contributed by atoms with van der Waals surface area (Å²) < 4.78 is 33.8. The van der Waals surface area contributed by atoms with Gasteiger partial charge in [-0.1, -0.05) is 11.6 Å². The first-order valence-corrected chi connectivity index (χ1v) is 9.04. The summed E-state index contributed by atoms with van der Waals surface area (Å²) in [5.41, 5.74) is 0. The predicted molar refractivity (Wildman–Crippen MR) is 80.5 cm³/mol. The quantitative estimate of drug-likeness (QED) is 0.785. The largest absolute Gasteiger partial charge is 0.475 e. The fourth-order valence-corrected chi connectivity index (χ4v) is 3.50. The van der Waals surface area contributed by atoms with Gasteiger partial charge in [-0.25, -0.2) is 18.5 Å². The van der Waals surface area contributed by atoms with Crippen molar-refractivity contribution in [3.63, 3.8) is 0 Å². The van der Waals surface area contributed by atoms with Crippen LogP contribution < -0.4 is 9.88 Å². The van der Waals surface area contributed by atoms with E-state index in [1.54, 1.807) is 0 Å². The van der Waals surface area contributed by atoms with E-state index in [0.29, 0.717) is 19.3 Å². The molecule has 1 aliphatic heterocycles. The number of aromatic nitrogens is 1. The topological polar surface area (TPSA) is 94.8 Å². The standard InChI is InChI=1S/C13H18ClN3O4S/c14-13-11(22(15,18)19)3-4-12(16-13)21-8-10-7-17(5-6-20-10)9-1-2-9/h3-4,9-10H,1-2,5-8H2,(H2,15,18,19)/t10-/m0/s1. The second-order valence-corrected chi connectivity index (χ2v) is 7.40. The molecule has 0 amide bonds. The Hall–Kier alpha value is -0.930. The molecule has 0 bridgehead atoms. The Bertz CT molecular complexity index is 651. The molecule has 7 nitrogen and oxygen atoms in total. The minimum absolute atomic E-state index is 0.0205. The number of nitrogens with zero attached hydrogens (tertiary/aromatic N) is 2. The van der Waals surface area contributed by atoms with Crippen molar-refractivity contribution in [3.8, 4) is 5.88 Å². The molecule has 2 aliphatic rings. The van der Waals surface area contributed by atoms with Crippen molar-refractivity contribution in [1.82, 2.24) is 9.88 Å². The molecule has 122 valence electrons. The van der Waals surface area contributed by atoms with Gasteiger partial charge in [0.25, 0.3) is 0 Å². The molecule has 1 saturated carbocycles. The SMILES string of the molecule is NS(=O)(=O)c1ccc(OC[C@@H]2CN(C3CC3)CCO2)nc1Cl. The Labute approximate surface area is 134 Å². The number of ether oxygens (including phenoxy) is 2. The lowest BCUT2D eigenvalue weighted by atomic mass is 10.3. The zero-order chi connectivity index (χ0) is 15.7. The van der Waals surface area contributed by atoms with Gasteiger partial charge in [-0.05, 0) is 18.9 Å². The van der Waals surface area contributed by atoms with Crippen LogP contribution in [0.15, 0.2) is 17.0 Å². The van der Waals surface area contributed by atoms with Crippen molar-refractivity contribution in [2.24, 2.45) is 5.14 Å². The molecule has 3 rings (SSSR count). The van der Waals surface area contributed by atoms with E-state index in [1.807, 2.05) is 0 Å². The Morgan fingerprint density at radius 3 is 2.86 bits per heavy atom. The Morgan fingerprint density at radius 1 is 1.45 bits per heavy atom. The number of hydrogen-bond donors (Lipinski definition) is 1. The van der Waals surface area contributed by atoms with E-state index in [2.05, 4.69) is 9.88 Å². The van der Waals surface area contributed by atoms with E-state index in [9.17, 15) is 8.42 Å². The van der Waals surface area contributed by atoms with Gasteiger partial charge in [0.1, 0.15) is 17.6 Å². The first-order valence-electron chi connectivity index (χ1n) is 7.11. The maximum absolute atomic E-state index is 11.3. The van der Waals surface area contributed by atoms with Gasteiger partial charge in [0.2, 0.25) is 15.9 Å². The van der Waals surface area contributed by atoms with E-state index in [4.69, 9.17) is 26.2 Å². The van der Waals surface area contributed by atoms with Gasteiger partial charge in [-0.15, -0.1) is 0 Å². The summed E-state index contributed by atoms with van der Waals surface area (Å²) in [6.07, 6.45) is 2.51. The second-order valence-electron chi connectivity index (χ2n) is 5.51. The Kier molecular flexibility index (Phi) is 4.56. The van der Waals surface area contributed by atoms with Gasteiger partial charge in [-0.3, -0.25) is 4.90 Å². The number of morpholine rings is 1. The highest BCUT2D eigenvalue weighted by molar-refractivity contribution is 7.89. The molecule has 2 heterocycles. The average molecular weight is 348 g/mol. The molecule has 1 aromatic heterocycles. The molecular formula is C13H18ClN3O4S. The van der Waals surface area contributed by atoms with Crippen molar-refractivity contribution >= 4 is 21.6 Å². The number of halogens is 1. The number of sulfonamides is 1. The van der Waals surface area contributed by atoms with Crippen molar-refractivity contribution in [2.45, 2.75) is 29.9 Å². The van der Waals surface area contributed by atoms with Gasteiger partial charge in [-0.2, -0.15) is 0 Å². The molecule has 2 N–H and O–H groups in total. The first-order chi connectivity index (χ1) is 10.4. The number of pyridine rings is 1. The summed E-state index contributed by atoms with van der Waals surface area (Å²) in [7, 11) is -3.88. The monoisotopic (exact) mass is 347 g/mol. The summed E-state index contributed by atoms with van der Waals surface area (Å²) >= 11 is 5.82. The van der Waals surface area contributed by atoms with Crippen molar-refractivity contribution in [1.29, 1.82) is 0 Å². The van der Waals surface area contributed by atoms with Crippen molar-refractivity contribution in [2.75, 3.05) is 26.3 Å². The van der Waals surface area contributed by atoms with E-state index < -0.39 is 10.0 Å². The lowest BCUT2D eigenvalue weighted by Crippen LogP contribution is -2.45. The molecule has 1 saturated heterocycles.